The van der Waals surface area contributed by atoms with E-state index < -0.39 is 17.7 Å². The second-order valence-electron chi connectivity index (χ2n) is 9.82. The van der Waals surface area contributed by atoms with Crippen LogP contribution >= 0.6 is 23.2 Å². The predicted octanol–water partition coefficient (Wildman–Crippen LogP) is 7.23. The van der Waals surface area contributed by atoms with Crippen LogP contribution < -0.4 is 9.64 Å². The van der Waals surface area contributed by atoms with Gasteiger partial charge in [0.1, 0.15) is 11.5 Å². The lowest BCUT2D eigenvalue weighted by atomic mass is 9.85. The highest BCUT2D eigenvalue weighted by Crippen LogP contribution is 2.43. The van der Waals surface area contributed by atoms with Crippen LogP contribution in [-0.4, -0.2) is 23.9 Å². The fourth-order valence-corrected chi connectivity index (χ4v) is 4.71. The molecule has 1 fully saturated rings. The maximum atomic E-state index is 13.4. The van der Waals surface area contributed by atoms with Crippen LogP contribution in [0.5, 0.6) is 5.75 Å². The summed E-state index contributed by atoms with van der Waals surface area (Å²) in [5.41, 5.74) is 3.28. The Hall–Kier alpha value is -3.28. The van der Waals surface area contributed by atoms with Crippen LogP contribution in [0, 0.1) is 6.92 Å². The molecular formula is C29H27Cl2NO4. The molecule has 186 valence electrons. The van der Waals surface area contributed by atoms with Crippen LogP contribution in [-0.2, 0) is 15.0 Å². The van der Waals surface area contributed by atoms with Gasteiger partial charge in [-0.05, 0) is 59.4 Å². The molecule has 3 aromatic rings. The monoisotopic (exact) mass is 523 g/mol. The number of nitrogens with zero attached hydrogens (tertiary/aromatic N) is 1. The number of anilines is 1. The Labute approximate surface area is 220 Å². The topological polar surface area (TPSA) is 66.8 Å². The minimum absolute atomic E-state index is 0.0264. The summed E-state index contributed by atoms with van der Waals surface area (Å²) < 4.78 is 5.20. The first-order chi connectivity index (χ1) is 16.9. The molecule has 1 atom stereocenters. The first-order valence-electron chi connectivity index (χ1n) is 11.5. The van der Waals surface area contributed by atoms with Crippen molar-refractivity contribution >= 4 is 46.3 Å². The number of carbonyl (C=O) groups is 2. The van der Waals surface area contributed by atoms with E-state index in [1.54, 1.807) is 30.3 Å². The Morgan fingerprint density at radius 3 is 2.17 bits per heavy atom. The minimum Gasteiger partial charge on any atom is -0.507 e. The summed E-state index contributed by atoms with van der Waals surface area (Å²) in [4.78, 5) is 28.1. The van der Waals surface area contributed by atoms with Crippen molar-refractivity contribution in [1.82, 2.24) is 0 Å². The molecule has 1 unspecified atom stereocenters. The van der Waals surface area contributed by atoms with E-state index in [9.17, 15) is 14.7 Å². The van der Waals surface area contributed by atoms with Gasteiger partial charge in [0.25, 0.3) is 11.7 Å². The number of carbonyl (C=O) groups excluding carboxylic acids is 2. The van der Waals surface area contributed by atoms with Crippen LogP contribution in [0.2, 0.25) is 10.0 Å². The van der Waals surface area contributed by atoms with E-state index in [0.29, 0.717) is 27.6 Å². The molecule has 36 heavy (non-hydrogen) atoms. The average molecular weight is 524 g/mol. The Morgan fingerprint density at radius 2 is 1.61 bits per heavy atom. The Bertz CT molecular complexity index is 1390. The average Bonchev–Trinajstić information content (AvgIpc) is 3.10. The summed E-state index contributed by atoms with van der Waals surface area (Å²) in [6.07, 6.45) is 0. The number of aryl methyl sites for hydroxylation is 1. The molecule has 5 nitrogen and oxygen atoms in total. The van der Waals surface area contributed by atoms with Gasteiger partial charge >= 0.3 is 0 Å². The Kier molecular flexibility index (Phi) is 6.91. The minimum atomic E-state index is -0.862. The van der Waals surface area contributed by atoms with E-state index in [-0.39, 0.29) is 21.8 Å². The number of amides is 1. The molecule has 0 radical (unpaired) electrons. The number of methoxy groups -OCH3 is 1. The Morgan fingerprint density at radius 1 is 0.944 bits per heavy atom. The zero-order valence-corrected chi connectivity index (χ0v) is 22.2. The second kappa shape index (κ2) is 9.64. The fourth-order valence-electron chi connectivity index (χ4n) is 4.28. The van der Waals surface area contributed by atoms with Crippen molar-refractivity contribution in [1.29, 1.82) is 0 Å². The lowest BCUT2D eigenvalue weighted by molar-refractivity contribution is -0.132. The van der Waals surface area contributed by atoms with Crippen LogP contribution in [0.4, 0.5) is 5.69 Å². The number of ketones is 1. The van der Waals surface area contributed by atoms with Crippen LogP contribution in [0.3, 0.4) is 0 Å². The van der Waals surface area contributed by atoms with Gasteiger partial charge in [-0.2, -0.15) is 0 Å². The van der Waals surface area contributed by atoms with Gasteiger partial charge in [0.15, 0.2) is 0 Å². The maximum absolute atomic E-state index is 13.4. The quantitative estimate of drug-likeness (QED) is 0.222. The van der Waals surface area contributed by atoms with Crippen molar-refractivity contribution < 1.29 is 19.4 Å². The second-order valence-corrected chi connectivity index (χ2v) is 10.6. The molecule has 1 aliphatic heterocycles. The number of rotatable bonds is 4. The highest BCUT2D eigenvalue weighted by Gasteiger charge is 2.47. The highest BCUT2D eigenvalue weighted by molar-refractivity contribution is 6.52. The number of halogens is 2. The molecule has 1 heterocycles. The molecule has 0 bridgehead atoms. The van der Waals surface area contributed by atoms with E-state index in [0.717, 1.165) is 11.1 Å². The van der Waals surface area contributed by atoms with Gasteiger partial charge < -0.3 is 9.84 Å². The lowest BCUT2D eigenvalue weighted by Gasteiger charge is -2.27. The number of aliphatic hydroxyl groups excluding tert-OH is 1. The van der Waals surface area contributed by atoms with Gasteiger partial charge in [0, 0.05) is 16.3 Å². The van der Waals surface area contributed by atoms with E-state index in [2.05, 4.69) is 20.8 Å². The zero-order valence-electron chi connectivity index (χ0n) is 20.7. The molecular weight excluding hydrogens is 497 g/mol. The van der Waals surface area contributed by atoms with Gasteiger partial charge in [-0.25, -0.2) is 0 Å². The number of ether oxygens (including phenoxy) is 1. The van der Waals surface area contributed by atoms with E-state index in [4.69, 9.17) is 27.9 Å². The van der Waals surface area contributed by atoms with Crippen molar-refractivity contribution in [2.24, 2.45) is 0 Å². The number of hydrogen-bond acceptors (Lipinski definition) is 4. The first kappa shape index (κ1) is 25.8. The molecule has 1 saturated heterocycles. The summed E-state index contributed by atoms with van der Waals surface area (Å²) >= 11 is 12.7. The Balaban J connectivity index is 1.94. The molecule has 1 N–H and O–H groups in total. The predicted molar refractivity (Wildman–Crippen MR) is 144 cm³/mol. The van der Waals surface area contributed by atoms with Gasteiger partial charge in [0.2, 0.25) is 0 Å². The smallest absolute Gasteiger partial charge is 0.300 e. The van der Waals surface area contributed by atoms with Crippen molar-refractivity contribution in [2.45, 2.75) is 39.2 Å². The molecule has 4 rings (SSSR count). The third-order valence-electron chi connectivity index (χ3n) is 6.40. The van der Waals surface area contributed by atoms with Crippen molar-refractivity contribution in [2.75, 3.05) is 12.0 Å². The maximum Gasteiger partial charge on any atom is 0.300 e. The summed E-state index contributed by atoms with van der Waals surface area (Å²) in [7, 11) is 1.49. The summed E-state index contributed by atoms with van der Waals surface area (Å²) in [5, 5.41) is 12.1. The van der Waals surface area contributed by atoms with Gasteiger partial charge in [-0.1, -0.05) is 74.3 Å². The SMILES string of the molecule is COc1ccc(/C(O)=C2\C(=O)C(=O)N(c3ccc(C)c(Cl)c3)C2c2ccc(C(C)(C)C)cc2)cc1Cl. The fraction of sp³-hybridized carbons (Fsp3) is 0.241. The lowest BCUT2D eigenvalue weighted by Crippen LogP contribution is -2.29. The summed E-state index contributed by atoms with van der Waals surface area (Å²) in [5.74, 6) is -1.43. The van der Waals surface area contributed by atoms with Crippen molar-refractivity contribution in [3.05, 3.63) is 98.5 Å². The molecule has 1 amide bonds. The van der Waals surface area contributed by atoms with E-state index in [1.165, 1.54) is 18.1 Å². The standard InChI is InChI=1S/C29H27Cl2NO4/c1-16-6-12-20(15-21(16)30)32-25(17-7-10-19(11-8-17)29(2,3)4)24(27(34)28(32)35)26(33)18-9-13-23(36-5)22(31)14-18/h6-15,25,33H,1-5H3/b26-24+. The van der Waals surface area contributed by atoms with Crippen molar-refractivity contribution in [3.63, 3.8) is 0 Å². The van der Waals surface area contributed by atoms with Gasteiger partial charge in [0.05, 0.1) is 23.7 Å². The molecule has 1 aliphatic rings. The first-order valence-corrected chi connectivity index (χ1v) is 12.2. The van der Waals surface area contributed by atoms with Crippen LogP contribution in [0.15, 0.2) is 66.2 Å². The summed E-state index contributed by atoms with van der Waals surface area (Å²) in [6.45, 7) is 8.18. The third kappa shape index (κ3) is 4.61. The summed E-state index contributed by atoms with van der Waals surface area (Å²) in [6, 6.07) is 16.7. The van der Waals surface area contributed by atoms with Crippen LogP contribution in [0.1, 0.15) is 49.1 Å². The van der Waals surface area contributed by atoms with Crippen LogP contribution in [0.25, 0.3) is 5.76 Å². The van der Waals surface area contributed by atoms with Gasteiger partial charge in [-0.3, -0.25) is 14.5 Å². The van der Waals surface area contributed by atoms with E-state index >= 15 is 0 Å². The molecule has 7 heteroatoms. The molecule has 0 saturated carbocycles. The largest absolute Gasteiger partial charge is 0.507 e. The number of aliphatic hydroxyl groups is 1. The molecule has 3 aromatic carbocycles. The zero-order chi connectivity index (χ0) is 26.4. The molecule has 0 spiro atoms. The van der Waals surface area contributed by atoms with Gasteiger partial charge in [-0.15, -0.1) is 0 Å². The molecule has 0 aromatic heterocycles. The highest BCUT2D eigenvalue weighted by atomic mass is 35.5. The third-order valence-corrected chi connectivity index (χ3v) is 7.10. The molecule has 0 aliphatic carbocycles. The number of Topliss-reactive ketones (excluding diaryl/α,β-unsaturated/α-hetero) is 1. The van der Waals surface area contributed by atoms with E-state index in [1.807, 2.05) is 31.2 Å². The van der Waals surface area contributed by atoms with Crippen molar-refractivity contribution in [3.8, 4) is 5.75 Å². The number of benzene rings is 3. The number of hydrogen-bond donors (Lipinski definition) is 1. The normalized spacial score (nSPS) is 17.5.